The van der Waals surface area contributed by atoms with Gasteiger partial charge in [0.1, 0.15) is 6.73 Å². The van der Waals surface area contributed by atoms with Crippen LogP contribution in [0.25, 0.3) is 0 Å². The lowest BCUT2D eigenvalue weighted by Crippen LogP contribution is -2.45. The number of hydroxylamine groups is 2. The Labute approximate surface area is 54.9 Å². The first kappa shape index (κ1) is 5.65. The molecule has 2 aliphatic heterocycles. The van der Waals surface area contributed by atoms with Crippen molar-refractivity contribution in [1.29, 1.82) is 0 Å². The summed E-state index contributed by atoms with van der Waals surface area (Å²) in [6.45, 7) is 2.95. The van der Waals surface area contributed by atoms with Gasteiger partial charge in [0, 0.05) is 19.1 Å². The fourth-order valence-corrected chi connectivity index (χ4v) is 1.54. The van der Waals surface area contributed by atoms with Crippen LogP contribution < -0.4 is 5.32 Å². The molecule has 9 heavy (non-hydrogen) atoms. The molecule has 0 bridgehead atoms. The molecule has 3 nitrogen and oxygen atoms in total. The van der Waals surface area contributed by atoms with Crippen molar-refractivity contribution in [2.75, 3.05) is 19.8 Å². The Morgan fingerprint density at radius 1 is 1.56 bits per heavy atom. The third-order valence-electron chi connectivity index (χ3n) is 2.04. The Bertz CT molecular complexity index is 95.2. The van der Waals surface area contributed by atoms with Crippen molar-refractivity contribution in [2.45, 2.75) is 18.9 Å². The quantitative estimate of drug-likeness (QED) is 0.494. The molecule has 0 saturated carbocycles. The Balaban J connectivity index is 1.97. The van der Waals surface area contributed by atoms with Gasteiger partial charge >= 0.3 is 0 Å². The molecule has 1 N–H and O–H groups in total. The maximum atomic E-state index is 5.32. The molecule has 2 heterocycles. The number of hydrogen-bond acceptors (Lipinski definition) is 3. The first-order valence-electron chi connectivity index (χ1n) is 3.57. The van der Waals surface area contributed by atoms with Gasteiger partial charge in [-0.2, -0.15) is 5.06 Å². The minimum Gasteiger partial charge on any atom is -0.291 e. The summed E-state index contributed by atoms with van der Waals surface area (Å²) in [5, 5.41) is 5.30. The second-order valence-electron chi connectivity index (χ2n) is 2.66. The van der Waals surface area contributed by atoms with E-state index < -0.39 is 0 Å². The van der Waals surface area contributed by atoms with Gasteiger partial charge in [-0.25, -0.2) is 0 Å². The Morgan fingerprint density at radius 3 is 3.44 bits per heavy atom. The van der Waals surface area contributed by atoms with Gasteiger partial charge in [-0.15, -0.1) is 0 Å². The molecule has 0 aliphatic carbocycles. The summed E-state index contributed by atoms with van der Waals surface area (Å²) in [5.41, 5.74) is 0. The van der Waals surface area contributed by atoms with Crippen LogP contribution >= 0.6 is 0 Å². The molecule has 0 spiro atoms. The van der Waals surface area contributed by atoms with Crippen LogP contribution in [-0.2, 0) is 4.84 Å². The smallest absolute Gasteiger partial charge is 0.119 e. The third-order valence-corrected chi connectivity index (χ3v) is 2.04. The summed E-state index contributed by atoms with van der Waals surface area (Å²) < 4.78 is 0. The second-order valence-corrected chi connectivity index (χ2v) is 2.66. The number of fused-ring (bicyclic) bond motifs is 1. The van der Waals surface area contributed by atoms with Crippen molar-refractivity contribution in [3.05, 3.63) is 0 Å². The third kappa shape index (κ3) is 0.956. The van der Waals surface area contributed by atoms with Crippen LogP contribution in [0.4, 0.5) is 0 Å². The second kappa shape index (κ2) is 2.25. The fourth-order valence-electron chi connectivity index (χ4n) is 1.54. The topological polar surface area (TPSA) is 24.5 Å². The minimum absolute atomic E-state index is 0.666. The monoisotopic (exact) mass is 128 g/mol. The molecular weight excluding hydrogens is 116 g/mol. The van der Waals surface area contributed by atoms with Crippen LogP contribution in [0.1, 0.15) is 12.8 Å². The van der Waals surface area contributed by atoms with Gasteiger partial charge in [-0.3, -0.25) is 10.2 Å². The number of nitrogens with zero attached hydrogens (tertiary/aromatic N) is 1. The molecule has 3 heteroatoms. The Hall–Kier alpha value is -0.120. The Kier molecular flexibility index (Phi) is 1.41. The predicted molar refractivity (Wildman–Crippen MR) is 33.7 cm³/mol. The molecular formula is C6H12N2O. The van der Waals surface area contributed by atoms with Gasteiger partial charge in [0.25, 0.3) is 0 Å². The Morgan fingerprint density at radius 2 is 2.56 bits per heavy atom. The molecule has 1 unspecified atom stereocenters. The molecule has 2 fully saturated rings. The normalized spacial score (nSPS) is 36.7. The van der Waals surface area contributed by atoms with E-state index in [4.69, 9.17) is 4.84 Å². The van der Waals surface area contributed by atoms with Crippen molar-refractivity contribution in [3.63, 3.8) is 0 Å². The lowest BCUT2D eigenvalue weighted by molar-refractivity contribution is -0.196. The number of nitrogens with one attached hydrogen (secondary N) is 1. The molecule has 1 atom stereocenters. The average Bonchev–Trinajstić information content (AvgIpc) is 2.33. The summed E-state index contributed by atoms with van der Waals surface area (Å²) in [6.07, 6.45) is 2.60. The van der Waals surface area contributed by atoms with E-state index in [1.807, 2.05) is 0 Å². The highest BCUT2D eigenvalue weighted by molar-refractivity contribution is 4.77. The van der Waals surface area contributed by atoms with Gasteiger partial charge < -0.3 is 0 Å². The first-order chi connectivity index (χ1) is 4.47. The van der Waals surface area contributed by atoms with Gasteiger partial charge in [0.05, 0.1) is 0 Å². The lowest BCUT2D eigenvalue weighted by atomic mass is 10.2. The van der Waals surface area contributed by atoms with E-state index in [-0.39, 0.29) is 0 Å². The maximum Gasteiger partial charge on any atom is 0.119 e. The molecule has 0 aromatic heterocycles. The zero-order valence-electron chi connectivity index (χ0n) is 5.47. The van der Waals surface area contributed by atoms with Crippen molar-refractivity contribution in [3.8, 4) is 0 Å². The molecule has 2 aliphatic rings. The van der Waals surface area contributed by atoms with E-state index in [0.717, 1.165) is 13.1 Å². The average molecular weight is 128 g/mol. The van der Waals surface area contributed by atoms with E-state index in [0.29, 0.717) is 12.8 Å². The summed E-state index contributed by atoms with van der Waals surface area (Å²) in [5.74, 6) is 0. The lowest BCUT2D eigenvalue weighted by Gasteiger charge is -2.28. The summed E-state index contributed by atoms with van der Waals surface area (Å²) in [7, 11) is 0. The van der Waals surface area contributed by atoms with Crippen LogP contribution in [0.5, 0.6) is 0 Å². The molecule has 0 amide bonds. The molecule has 2 saturated heterocycles. The first-order valence-corrected chi connectivity index (χ1v) is 3.57. The summed E-state index contributed by atoms with van der Waals surface area (Å²) in [4.78, 5) is 5.32. The number of hydrogen-bond donors (Lipinski definition) is 1. The highest BCUT2D eigenvalue weighted by Crippen LogP contribution is 2.18. The van der Waals surface area contributed by atoms with Crippen LogP contribution in [0.15, 0.2) is 0 Å². The molecule has 0 aromatic rings. The van der Waals surface area contributed by atoms with Crippen LogP contribution in [0.2, 0.25) is 0 Å². The summed E-state index contributed by atoms with van der Waals surface area (Å²) in [6, 6.07) is 0.666. The molecule has 2 rings (SSSR count). The summed E-state index contributed by atoms with van der Waals surface area (Å²) >= 11 is 0. The van der Waals surface area contributed by atoms with Crippen molar-refractivity contribution >= 4 is 0 Å². The van der Waals surface area contributed by atoms with Crippen molar-refractivity contribution in [1.82, 2.24) is 10.4 Å². The highest BCUT2D eigenvalue weighted by Gasteiger charge is 2.27. The van der Waals surface area contributed by atoms with E-state index in [1.54, 1.807) is 0 Å². The van der Waals surface area contributed by atoms with Crippen molar-refractivity contribution in [2.24, 2.45) is 0 Å². The predicted octanol–water partition coefficient (Wildman–Crippen LogP) is -0.0569. The zero-order chi connectivity index (χ0) is 6.10. The van der Waals surface area contributed by atoms with Crippen molar-refractivity contribution < 1.29 is 4.84 Å². The van der Waals surface area contributed by atoms with E-state index >= 15 is 0 Å². The van der Waals surface area contributed by atoms with Gasteiger partial charge in [-0.1, -0.05) is 0 Å². The zero-order valence-corrected chi connectivity index (χ0v) is 5.47. The SMILES string of the molecule is C1CC2CNCON2C1. The largest absolute Gasteiger partial charge is 0.291 e. The molecule has 0 aromatic carbocycles. The molecule has 0 radical (unpaired) electrons. The van der Waals surface area contributed by atoms with Gasteiger partial charge in [-0.05, 0) is 12.8 Å². The standard InChI is InChI=1S/C6H12N2O/c1-2-6-4-7-5-9-8(6)3-1/h6-7H,1-5H2. The van der Waals surface area contributed by atoms with Crippen LogP contribution in [-0.4, -0.2) is 30.9 Å². The molecule has 52 valence electrons. The van der Waals surface area contributed by atoms with Crippen LogP contribution in [0, 0.1) is 0 Å². The maximum absolute atomic E-state index is 5.32. The van der Waals surface area contributed by atoms with Crippen LogP contribution in [0.3, 0.4) is 0 Å². The van der Waals surface area contributed by atoms with Gasteiger partial charge in [0.2, 0.25) is 0 Å². The van der Waals surface area contributed by atoms with E-state index in [9.17, 15) is 0 Å². The number of rotatable bonds is 0. The minimum atomic E-state index is 0.666. The highest BCUT2D eigenvalue weighted by atomic mass is 16.7. The fraction of sp³-hybridized carbons (Fsp3) is 1.00. The van der Waals surface area contributed by atoms with Gasteiger partial charge in [0.15, 0.2) is 0 Å². The van der Waals surface area contributed by atoms with E-state index in [1.165, 1.54) is 12.8 Å². The van der Waals surface area contributed by atoms with E-state index in [2.05, 4.69) is 10.4 Å².